The molecule has 0 saturated carbocycles. The number of nitrogen functional groups attached to an aromatic ring is 1. The van der Waals surface area contributed by atoms with Crippen LogP contribution >= 0.6 is 11.8 Å². The van der Waals surface area contributed by atoms with Crippen molar-refractivity contribution < 1.29 is 4.79 Å². The summed E-state index contributed by atoms with van der Waals surface area (Å²) in [6.45, 7) is 11.7. The van der Waals surface area contributed by atoms with Crippen molar-refractivity contribution in [3.05, 3.63) is 5.82 Å². The fourth-order valence-electron chi connectivity index (χ4n) is 1.85. The van der Waals surface area contributed by atoms with Crippen LogP contribution in [0.1, 0.15) is 39.4 Å². The molecule has 0 atom stereocenters. The summed E-state index contributed by atoms with van der Waals surface area (Å²) < 4.78 is 1.46. The lowest BCUT2D eigenvalue weighted by Gasteiger charge is -2.17. The average molecular weight is 314 g/mol. The molecule has 120 valence electrons. The van der Waals surface area contributed by atoms with Gasteiger partial charge in [-0.25, -0.2) is 4.68 Å². The highest BCUT2D eigenvalue weighted by molar-refractivity contribution is 7.99. The number of rotatable bonds is 9. The van der Waals surface area contributed by atoms with Crippen molar-refractivity contribution in [3.8, 4) is 0 Å². The van der Waals surface area contributed by atoms with Crippen molar-refractivity contribution in [2.75, 3.05) is 37.8 Å². The van der Waals surface area contributed by atoms with Crippen molar-refractivity contribution >= 4 is 17.7 Å². The number of aromatic nitrogens is 3. The first kappa shape index (κ1) is 17.8. The Labute approximate surface area is 130 Å². The van der Waals surface area contributed by atoms with E-state index in [2.05, 4.69) is 34.3 Å². The Hall–Kier alpha value is -1.28. The quantitative estimate of drug-likeness (QED) is 0.514. The van der Waals surface area contributed by atoms with Crippen LogP contribution in [0.25, 0.3) is 0 Å². The predicted octanol–water partition coefficient (Wildman–Crippen LogP) is 0.665. The molecule has 1 aromatic heterocycles. The Morgan fingerprint density at radius 2 is 2.05 bits per heavy atom. The molecule has 0 unspecified atom stereocenters. The van der Waals surface area contributed by atoms with Gasteiger partial charge in [0, 0.05) is 19.0 Å². The second-order valence-corrected chi connectivity index (χ2v) is 5.97. The maximum atomic E-state index is 11.8. The molecule has 0 saturated heterocycles. The van der Waals surface area contributed by atoms with Crippen molar-refractivity contribution in [1.82, 2.24) is 25.1 Å². The fraction of sp³-hybridized carbons (Fsp3) is 0.769. The third-order valence-corrected chi connectivity index (χ3v) is 4.13. The molecule has 1 aromatic rings. The molecular weight excluding hydrogens is 288 g/mol. The van der Waals surface area contributed by atoms with Crippen LogP contribution in [0.4, 0.5) is 0 Å². The van der Waals surface area contributed by atoms with Crippen molar-refractivity contribution in [1.29, 1.82) is 0 Å². The first-order valence-corrected chi connectivity index (χ1v) is 8.30. The number of hydrogen-bond acceptors (Lipinski definition) is 6. The van der Waals surface area contributed by atoms with Gasteiger partial charge in [0.2, 0.25) is 11.1 Å². The minimum absolute atomic E-state index is 0.0127. The number of thioether (sulfide) groups is 1. The zero-order valence-corrected chi connectivity index (χ0v) is 14.1. The van der Waals surface area contributed by atoms with E-state index in [-0.39, 0.29) is 11.8 Å². The summed E-state index contributed by atoms with van der Waals surface area (Å²) in [6, 6.07) is 0. The molecule has 0 aliphatic heterocycles. The van der Waals surface area contributed by atoms with Crippen LogP contribution in [0.2, 0.25) is 0 Å². The first-order valence-electron chi connectivity index (χ1n) is 7.31. The number of nitrogens with one attached hydrogen (secondary N) is 1. The lowest BCUT2D eigenvalue weighted by Crippen LogP contribution is -2.35. The summed E-state index contributed by atoms with van der Waals surface area (Å²) in [5, 5.41) is 11.5. The van der Waals surface area contributed by atoms with Crippen molar-refractivity contribution in [2.24, 2.45) is 0 Å². The highest BCUT2D eigenvalue weighted by Crippen LogP contribution is 2.18. The summed E-state index contributed by atoms with van der Waals surface area (Å²) >= 11 is 1.30. The summed E-state index contributed by atoms with van der Waals surface area (Å²) in [5.41, 5.74) is 0. The van der Waals surface area contributed by atoms with Gasteiger partial charge in [0.15, 0.2) is 5.82 Å². The molecule has 7 nitrogen and oxygen atoms in total. The number of amides is 1. The lowest BCUT2D eigenvalue weighted by atomic mass is 10.2. The Morgan fingerprint density at radius 1 is 1.38 bits per heavy atom. The number of carbonyl (C=O) groups is 1. The van der Waals surface area contributed by atoms with E-state index >= 15 is 0 Å². The summed E-state index contributed by atoms with van der Waals surface area (Å²) in [6.07, 6.45) is 0. The SMILES string of the molecule is CCN(CC)CCNC(=O)CSc1nnc(C(C)C)n1N. The van der Waals surface area contributed by atoms with Crippen LogP contribution in [-0.2, 0) is 4.79 Å². The van der Waals surface area contributed by atoms with E-state index < -0.39 is 0 Å². The van der Waals surface area contributed by atoms with Gasteiger partial charge in [-0.1, -0.05) is 39.5 Å². The van der Waals surface area contributed by atoms with Crippen LogP contribution in [0.3, 0.4) is 0 Å². The minimum atomic E-state index is -0.0127. The van der Waals surface area contributed by atoms with Crippen LogP contribution in [-0.4, -0.2) is 57.6 Å². The molecule has 0 radical (unpaired) electrons. The van der Waals surface area contributed by atoms with Gasteiger partial charge in [0.25, 0.3) is 0 Å². The maximum Gasteiger partial charge on any atom is 0.230 e. The second kappa shape index (κ2) is 8.89. The zero-order chi connectivity index (χ0) is 15.8. The molecule has 1 heterocycles. The zero-order valence-electron chi connectivity index (χ0n) is 13.3. The van der Waals surface area contributed by atoms with Crippen LogP contribution in [0.5, 0.6) is 0 Å². The highest BCUT2D eigenvalue weighted by Gasteiger charge is 2.14. The largest absolute Gasteiger partial charge is 0.354 e. The van der Waals surface area contributed by atoms with Gasteiger partial charge in [0.1, 0.15) is 0 Å². The van der Waals surface area contributed by atoms with E-state index in [1.54, 1.807) is 0 Å². The Morgan fingerprint density at radius 3 is 2.57 bits per heavy atom. The van der Waals surface area contributed by atoms with Gasteiger partial charge in [-0.05, 0) is 13.1 Å². The van der Waals surface area contributed by atoms with Crippen molar-refractivity contribution in [3.63, 3.8) is 0 Å². The normalized spacial score (nSPS) is 11.3. The second-order valence-electron chi connectivity index (χ2n) is 5.03. The van der Waals surface area contributed by atoms with E-state index in [0.717, 1.165) is 25.5 Å². The smallest absolute Gasteiger partial charge is 0.230 e. The molecule has 1 amide bonds. The van der Waals surface area contributed by atoms with Crippen LogP contribution in [0, 0.1) is 0 Å². The molecule has 0 aliphatic carbocycles. The molecule has 0 bridgehead atoms. The third-order valence-electron chi connectivity index (χ3n) is 3.18. The minimum Gasteiger partial charge on any atom is -0.354 e. The highest BCUT2D eigenvalue weighted by atomic mass is 32.2. The molecular formula is C13H26N6OS. The van der Waals surface area contributed by atoms with Gasteiger partial charge in [0.05, 0.1) is 5.75 Å². The van der Waals surface area contributed by atoms with Gasteiger partial charge in [-0.3, -0.25) is 4.79 Å². The first-order chi connectivity index (χ1) is 9.99. The molecule has 0 spiro atoms. The third kappa shape index (κ3) is 5.55. The molecule has 0 aliphatic rings. The number of nitrogens with zero attached hydrogens (tertiary/aromatic N) is 4. The molecule has 0 fully saturated rings. The molecule has 8 heteroatoms. The summed E-state index contributed by atoms with van der Waals surface area (Å²) in [5.74, 6) is 7.11. The van der Waals surface area contributed by atoms with Gasteiger partial charge in [-0.15, -0.1) is 10.2 Å². The van der Waals surface area contributed by atoms with E-state index in [0.29, 0.717) is 17.5 Å². The summed E-state index contributed by atoms with van der Waals surface area (Å²) in [4.78, 5) is 14.0. The topological polar surface area (TPSA) is 89.1 Å². The maximum absolute atomic E-state index is 11.8. The van der Waals surface area contributed by atoms with E-state index in [1.165, 1.54) is 16.4 Å². The number of carbonyl (C=O) groups excluding carboxylic acids is 1. The van der Waals surface area contributed by atoms with E-state index in [4.69, 9.17) is 5.84 Å². The monoisotopic (exact) mass is 314 g/mol. The number of hydrogen-bond donors (Lipinski definition) is 2. The van der Waals surface area contributed by atoms with Gasteiger partial charge in [-0.2, -0.15) is 0 Å². The van der Waals surface area contributed by atoms with E-state index in [1.807, 2.05) is 13.8 Å². The van der Waals surface area contributed by atoms with Gasteiger partial charge >= 0.3 is 0 Å². The van der Waals surface area contributed by atoms with Crippen LogP contribution < -0.4 is 11.2 Å². The number of likely N-dealkylation sites (N-methyl/N-ethyl adjacent to an activating group) is 1. The molecule has 3 N–H and O–H groups in total. The fourth-order valence-corrected chi connectivity index (χ4v) is 2.55. The lowest BCUT2D eigenvalue weighted by molar-refractivity contribution is -0.118. The Balaban J connectivity index is 2.33. The Kier molecular flexibility index (Phi) is 7.52. The van der Waals surface area contributed by atoms with Crippen molar-refractivity contribution in [2.45, 2.75) is 38.8 Å². The predicted molar refractivity (Wildman–Crippen MR) is 85.8 cm³/mol. The summed E-state index contributed by atoms with van der Waals surface area (Å²) in [7, 11) is 0. The average Bonchev–Trinajstić information content (AvgIpc) is 2.82. The van der Waals surface area contributed by atoms with Gasteiger partial charge < -0.3 is 16.1 Å². The standard InChI is InChI=1S/C13H26N6OS/c1-5-18(6-2)8-7-15-11(20)9-21-13-17-16-12(10(3)4)19(13)14/h10H,5-9,14H2,1-4H3,(H,15,20). The molecule has 0 aromatic carbocycles. The number of nitrogens with two attached hydrogens (primary N) is 1. The van der Waals surface area contributed by atoms with E-state index in [9.17, 15) is 4.79 Å². The molecule has 1 rings (SSSR count). The van der Waals surface area contributed by atoms with Crippen LogP contribution in [0.15, 0.2) is 5.16 Å². The Bertz CT molecular complexity index is 444. The molecule has 21 heavy (non-hydrogen) atoms.